The highest BCUT2D eigenvalue weighted by atomic mass is 32.1. The Morgan fingerprint density at radius 1 is 0.690 bits per heavy atom. The van der Waals surface area contributed by atoms with Crippen LogP contribution in [-0.4, -0.2) is 20.3 Å². The zero-order valence-corrected chi connectivity index (χ0v) is 23.8. The standard InChI is InChI=1S/C37H26N4S/c1-23-34-27-18-19-38-21-31(27)40(25-10-4-2-5-11-25)32(34)22-39-35(23)24-16-17-33-29(20-24)36-37(42-33)28-14-8-9-15-30(28)41(36)26-12-6-3-7-13-26/h2-23,35H,1H3. The highest BCUT2D eigenvalue weighted by molar-refractivity contribution is 7.26. The SMILES string of the molecule is CC1c2c(n(-c3ccccc3)c3cnccc23)C=NC1c1ccc2sc3c4ccccc4n(-c4ccccc4)c3c2c1. The molecule has 5 heteroatoms. The average molecular weight is 559 g/mol. The van der Waals surface area contributed by atoms with E-state index in [1.54, 1.807) is 0 Å². The maximum Gasteiger partial charge on any atom is 0.0816 e. The van der Waals surface area contributed by atoms with Gasteiger partial charge in [-0.05, 0) is 59.7 Å². The molecule has 5 heterocycles. The van der Waals surface area contributed by atoms with Gasteiger partial charge < -0.3 is 9.13 Å². The predicted octanol–water partition coefficient (Wildman–Crippen LogP) is 9.61. The van der Waals surface area contributed by atoms with E-state index in [2.05, 4.69) is 136 Å². The Morgan fingerprint density at radius 3 is 2.24 bits per heavy atom. The number of rotatable bonds is 3. The number of pyridine rings is 1. The van der Waals surface area contributed by atoms with Crippen LogP contribution in [0.5, 0.6) is 0 Å². The second-order valence-corrected chi connectivity index (χ2v) is 12.2. The van der Waals surface area contributed by atoms with Crippen molar-refractivity contribution in [1.82, 2.24) is 14.1 Å². The Morgan fingerprint density at radius 2 is 1.43 bits per heavy atom. The Kier molecular flexibility index (Phi) is 5.07. The molecule has 0 spiro atoms. The number of aromatic nitrogens is 3. The van der Waals surface area contributed by atoms with Gasteiger partial charge in [-0.1, -0.05) is 67.6 Å². The number of benzene rings is 4. The minimum absolute atomic E-state index is 0.0226. The van der Waals surface area contributed by atoms with E-state index in [1.165, 1.54) is 53.4 Å². The second-order valence-electron chi connectivity index (χ2n) is 11.1. The fraction of sp³-hybridized carbons (Fsp3) is 0.0811. The fourth-order valence-electron chi connectivity index (χ4n) is 6.97. The molecule has 9 rings (SSSR count). The van der Waals surface area contributed by atoms with E-state index in [9.17, 15) is 0 Å². The first-order valence-corrected chi connectivity index (χ1v) is 15.2. The van der Waals surface area contributed by atoms with Gasteiger partial charge in [0.15, 0.2) is 0 Å². The Balaban J connectivity index is 1.25. The van der Waals surface area contributed by atoms with Gasteiger partial charge in [-0.2, -0.15) is 0 Å². The molecule has 1 aliphatic heterocycles. The van der Waals surface area contributed by atoms with E-state index >= 15 is 0 Å². The van der Waals surface area contributed by atoms with E-state index in [1.807, 2.05) is 23.7 Å². The quantitative estimate of drug-likeness (QED) is 0.213. The van der Waals surface area contributed by atoms with Gasteiger partial charge in [-0.25, -0.2) is 0 Å². The van der Waals surface area contributed by atoms with Crippen molar-refractivity contribution in [2.75, 3.05) is 0 Å². The summed E-state index contributed by atoms with van der Waals surface area (Å²) in [5.41, 5.74) is 9.69. The number of hydrogen-bond acceptors (Lipinski definition) is 3. The molecule has 0 N–H and O–H groups in total. The lowest BCUT2D eigenvalue weighted by atomic mass is 9.85. The van der Waals surface area contributed by atoms with Gasteiger partial charge in [-0.3, -0.25) is 9.98 Å². The summed E-state index contributed by atoms with van der Waals surface area (Å²) in [4.78, 5) is 9.71. The van der Waals surface area contributed by atoms with Crippen molar-refractivity contribution in [3.63, 3.8) is 0 Å². The van der Waals surface area contributed by atoms with E-state index in [0.29, 0.717) is 0 Å². The Hall–Kier alpha value is -5.00. The molecule has 4 aromatic carbocycles. The van der Waals surface area contributed by atoms with Gasteiger partial charge in [0.2, 0.25) is 0 Å². The topological polar surface area (TPSA) is 35.1 Å². The first-order valence-electron chi connectivity index (χ1n) is 14.4. The molecule has 2 atom stereocenters. The molecule has 4 aromatic heterocycles. The van der Waals surface area contributed by atoms with Gasteiger partial charge in [-0.15, -0.1) is 11.3 Å². The Bertz CT molecular complexity index is 2320. The normalized spacial score (nSPS) is 16.6. The number of nitrogens with zero attached hydrogens (tertiary/aromatic N) is 4. The molecule has 0 amide bonds. The molecule has 0 fully saturated rings. The molecule has 8 aromatic rings. The zero-order valence-electron chi connectivity index (χ0n) is 23.0. The van der Waals surface area contributed by atoms with Crippen LogP contribution in [0.25, 0.3) is 53.5 Å². The van der Waals surface area contributed by atoms with Crippen molar-refractivity contribution >= 4 is 59.7 Å². The van der Waals surface area contributed by atoms with Gasteiger partial charge in [0, 0.05) is 50.6 Å². The summed E-state index contributed by atoms with van der Waals surface area (Å²) < 4.78 is 7.37. The van der Waals surface area contributed by atoms with Crippen LogP contribution in [0.4, 0.5) is 0 Å². The van der Waals surface area contributed by atoms with E-state index in [-0.39, 0.29) is 12.0 Å². The van der Waals surface area contributed by atoms with Crippen LogP contribution >= 0.6 is 11.3 Å². The molecule has 0 bridgehead atoms. The van der Waals surface area contributed by atoms with Crippen molar-refractivity contribution < 1.29 is 0 Å². The van der Waals surface area contributed by atoms with Crippen LogP contribution < -0.4 is 0 Å². The first-order chi connectivity index (χ1) is 20.8. The molecular weight excluding hydrogens is 533 g/mol. The van der Waals surface area contributed by atoms with Gasteiger partial charge in [0.1, 0.15) is 0 Å². The highest BCUT2D eigenvalue weighted by Crippen LogP contribution is 2.47. The lowest BCUT2D eigenvalue weighted by molar-refractivity contribution is 0.596. The van der Waals surface area contributed by atoms with Crippen LogP contribution in [0.2, 0.25) is 0 Å². The minimum Gasteiger partial charge on any atom is -0.308 e. The number of hydrogen-bond donors (Lipinski definition) is 0. The van der Waals surface area contributed by atoms with Crippen LogP contribution in [0.1, 0.15) is 35.7 Å². The molecule has 0 aliphatic carbocycles. The smallest absolute Gasteiger partial charge is 0.0816 e. The number of fused-ring (bicyclic) bond motifs is 8. The molecule has 42 heavy (non-hydrogen) atoms. The third kappa shape index (κ3) is 3.28. The molecule has 0 radical (unpaired) electrons. The van der Waals surface area contributed by atoms with Crippen LogP contribution in [0.3, 0.4) is 0 Å². The van der Waals surface area contributed by atoms with Crippen molar-refractivity contribution in [2.24, 2.45) is 4.99 Å². The van der Waals surface area contributed by atoms with E-state index in [4.69, 9.17) is 4.99 Å². The lowest BCUT2D eigenvalue weighted by Crippen LogP contribution is -2.15. The fourth-order valence-corrected chi connectivity index (χ4v) is 8.17. The molecule has 200 valence electrons. The van der Waals surface area contributed by atoms with Crippen LogP contribution in [0, 0.1) is 0 Å². The van der Waals surface area contributed by atoms with Crippen molar-refractivity contribution in [1.29, 1.82) is 0 Å². The molecule has 1 aliphatic rings. The largest absolute Gasteiger partial charge is 0.308 e. The number of para-hydroxylation sites is 3. The summed E-state index contributed by atoms with van der Waals surface area (Å²) in [6.07, 6.45) is 5.97. The van der Waals surface area contributed by atoms with Gasteiger partial charge in [0.05, 0.1) is 39.2 Å². The van der Waals surface area contributed by atoms with Crippen molar-refractivity contribution in [3.05, 3.63) is 138 Å². The lowest BCUT2D eigenvalue weighted by Gasteiger charge is -2.26. The average Bonchev–Trinajstić information content (AvgIpc) is 3.69. The van der Waals surface area contributed by atoms with E-state index < -0.39 is 0 Å². The summed E-state index contributed by atoms with van der Waals surface area (Å²) >= 11 is 1.88. The van der Waals surface area contributed by atoms with Crippen LogP contribution in [0.15, 0.2) is 127 Å². The van der Waals surface area contributed by atoms with Gasteiger partial charge >= 0.3 is 0 Å². The Labute approximate surface area is 246 Å². The molecule has 2 unspecified atom stereocenters. The zero-order chi connectivity index (χ0) is 27.8. The molecule has 4 nitrogen and oxygen atoms in total. The molecular formula is C37H26N4S. The maximum absolute atomic E-state index is 5.23. The molecule has 0 saturated carbocycles. The van der Waals surface area contributed by atoms with Crippen LogP contribution in [-0.2, 0) is 0 Å². The monoisotopic (exact) mass is 558 g/mol. The second kappa shape index (κ2) is 9.00. The third-order valence-electron chi connectivity index (χ3n) is 8.80. The van der Waals surface area contributed by atoms with Crippen molar-refractivity contribution in [2.45, 2.75) is 18.9 Å². The van der Waals surface area contributed by atoms with Crippen molar-refractivity contribution in [3.8, 4) is 11.4 Å². The number of thiophene rings is 1. The third-order valence-corrected chi connectivity index (χ3v) is 10.00. The predicted molar refractivity (Wildman–Crippen MR) is 176 cm³/mol. The van der Waals surface area contributed by atoms with E-state index in [0.717, 1.165) is 16.9 Å². The summed E-state index contributed by atoms with van der Waals surface area (Å²) in [7, 11) is 0. The molecule has 0 saturated heterocycles. The summed E-state index contributed by atoms with van der Waals surface area (Å²) in [6.45, 7) is 2.32. The summed E-state index contributed by atoms with van der Waals surface area (Å²) in [5, 5.41) is 3.84. The summed E-state index contributed by atoms with van der Waals surface area (Å²) in [5.74, 6) is 0.200. The number of aliphatic imine (C=N–C) groups is 1. The first kappa shape index (κ1) is 23.7. The maximum atomic E-state index is 5.23. The highest BCUT2D eigenvalue weighted by Gasteiger charge is 2.31. The summed E-state index contributed by atoms with van der Waals surface area (Å²) in [6, 6.07) is 39.2. The minimum atomic E-state index is 0.0226. The van der Waals surface area contributed by atoms with Gasteiger partial charge in [0.25, 0.3) is 0 Å².